The average molecular weight is 304 g/mol. The first kappa shape index (κ1) is 16.0. The van der Waals surface area contributed by atoms with Crippen molar-refractivity contribution in [2.24, 2.45) is 10.4 Å². The fraction of sp³-hybridized carbons (Fsp3) is 0.529. The predicted octanol–water partition coefficient (Wildman–Crippen LogP) is 4.20. The van der Waals surface area contributed by atoms with E-state index in [1.165, 1.54) is 21.3 Å². The van der Waals surface area contributed by atoms with Gasteiger partial charge in [0.15, 0.2) is 4.80 Å². The highest BCUT2D eigenvalue weighted by atomic mass is 32.1. The summed E-state index contributed by atoms with van der Waals surface area (Å²) in [6, 6.07) is 4.37. The lowest BCUT2D eigenvalue weighted by molar-refractivity contribution is -0.125. The van der Waals surface area contributed by atoms with Crippen LogP contribution in [0.3, 0.4) is 0 Å². The first-order valence-electron chi connectivity index (χ1n) is 7.43. The summed E-state index contributed by atoms with van der Waals surface area (Å²) in [5.41, 5.74) is 3.26. The smallest absolute Gasteiger partial charge is 0.253 e. The van der Waals surface area contributed by atoms with E-state index in [0.717, 1.165) is 17.8 Å². The minimum atomic E-state index is -0.439. The van der Waals surface area contributed by atoms with Gasteiger partial charge in [-0.1, -0.05) is 45.1 Å². The van der Waals surface area contributed by atoms with E-state index >= 15 is 0 Å². The fourth-order valence-corrected chi connectivity index (χ4v) is 3.40. The molecule has 1 heterocycles. The van der Waals surface area contributed by atoms with Crippen LogP contribution in [0.5, 0.6) is 0 Å². The minimum Gasteiger partial charge on any atom is -0.316 e. The van der Waals surface area contributed by atoms with Crippen molar-refractivity contribution >= 4 is 27.5 Å². The summed E-state index contributed by atoms with van der Waals surface area (Å²) in [4.78, 5) is 17.5. The van der Waals surface area contributed by atoms with Crippen LogP contribution in [0.2, 0.25) is 0 Å². The van der Waals surface area contributed by atoms with E-state index in [2.05, 4.69) is 42.5 Å². The van der Waals surface area contributed by atoms with Crippen molar-refractivity contribution in [3.63, 3.8) is 0 Å². The Morgan fingerprint density at radius 3 is 2.52 bits per heavy atom. The molecule has 0 unspecified atom stereocenters. The molecule has 2 aromatic rings. The van der Waals surface area contributed by atoms with Gasteiger partial charge in [-0.2, -0.15) is 4.99 Å². The van der Waals surface area contributed by atoms with E-state index in [0.29, 0.717) is 0 Å². The van der Waals surface area contributed by atoms with Gasteiger partial charge in [-0.25, -0.2) is 0 Å². The second-order valence-corrected chi connectivity index (χ2v) is 7.61. The third-order valence-corrected chi connectivity index (χ3v) is 4.63. The molecule has 0 bridgehead atoms. The Labute approximate surface area is 130 Å². The second kappa shape index (κ2) is 5.76. The SMILES string of the molecule is CCCn1c(=NC(=O)C(C)(C)C)sc2c(C)cc(C)cc21. The molecule has 0 radical (unpaired) electrons. The molecule has 114 valence electrons. The van der Waals surface area contributed by atoms with Crippen LogP contribution in [0.1, 0.15) is 45.2 Å². The van der Waals surface area contributed by atoms with Crippen molar-refractivity contribution in [3.8, 4) is 0 Å². The Hall–Kier alpha value is -1.42. The first-order chi connectivity index (χ1) is 9.74. The van der Waals surface area contributed by atoms with Gasteiger partial charge in [0.25, 0.3) is 5.91 Å². The first-order valence-corrected chi connectivity index (χ1v) is 8.25. The molecule has 4 heteroatoms. The largest absolute Gasteiger partial charge is 0.316 e. The molecule has 0 aliphatic rings. The number of nitrogens with zero attached hydrogens (tertiary/aromatic N) is 2. The number of hydrogen-bond acceptors (Lipinski definition) is 2. The van der Waals surface area contributed by atoms with Crippen molar-refractivity contribution in [2.75, 3.05) is 0 Å². The summed E-state index contributed by atoms with van der Waals surface area (Å²) in [6.07, 6.45) is 1.02. The summed E-state index contributed by atoms with van der Waals surface area (Å²) in [7, 11) is 0. The van der Waals surface area contributed by atoms with E-state index in [4.69, 9.17) is 0 Å². The van der Waals surface area contributed by atoms with Crippen LogP contribution in [0.4, 0.5) is 0 Å². The Kier molecular flexibility index (Phi) is 4.38. The summed E-state index contributed by atoms with van der Waals surface area (Å²) < 4.78 is 3.42. The lowest BCUT2D eigenvalue weighted by Gasteiger charge is -2.11. The maximum Gasteiger partial charge on any atom is 0.253 e. The van der Waals surface area contributed by atoms with Crippen molar-refractivity contribution in [1.29, 1.82) is 0 Å². The average Bonchev–Trinajstić information content (AvgIpc) is 2.68. The molecular weight excluding hydrogens is 280 g/mol. The molecule has 0 aliphatic heterocycles. The Balaban J connectivity index is 2.74. The Morgan fingerprint density at radius 1 is 1.29 bits per heavy atom. The summed E-state index contributed by atoms with van der Waals surface area (Å²) in [5, 5.41) is 0. The highest BCUT2D eigenvalue weighted by Gasteiger charge is 2.21. The van der Waals surface area contributed by atoms with Gasteiger partial charge in [0.1, 0.15) is 0 Å². The molecule has 1 amide bonds. The maximum absolute atomic E-state index is 12.2. The maximum atomic E-state index is 12.2. The third kappa shape index (κ3) is 3.26. The van der Waals surface area contributed by atoms with E-state index in [-0.39, 0.29) is 5.91 Å². The predicted molar refractivity (Wildman–Crippen MR) is 89.6 cm³/mol. The summed E-state index contributed by atoms with van der Waals surface area (Å²) >= 11 is 1.62. The lowest BCUT2D eigenvalue weighted by Crippen LogP contribution is -2.23. The molecule has 0 spiro atoms. The van der Waals surface area contributed by atoms with Crippen LogP contribution in [0.25, 0.3) is 10.2 Å². The molecule has 1 aromatic heterocycles. The van der Waals surface area contributed by atoms with Crippen LogP contribution in [-0.2, 0) is 11.3 Å². The third-order valence-electron chi connectivity index (χ3n) is 3.40. The van der Waals surface area contributed by atoms with Gasteiger partial charge >= 0.3 is 0 Å². The summed E-state index contributed by atoms with van der Waals surface area (Å²) in [6.45, 7) is 13.0. The standard InChI is InChI=1S/C17H24N2OS/c1-7-8-19-13-10-11(2)9-12(3)14(13)21-16(19)18-15(20)17(4,5)6/h9-10H,7-8H2,1-6H3. The fourth-order valence-electron chi connectivity index (χ4n) is 2.29. The summed E-state index contributed by atoms with van der Waals surface area (Å²) in [5.74, 6) is -0.0618. The number of thiazole rings is 1. The highest BCUT2D eigenvalue weighted by molar-refractivity contribution is 7.16. The molecule has 1 aromatic carbocycles. The van der Waals surface area contributed by atoms with Crippen molar-refractivity contribution in [3.05, 3.63) is 28.1 Å². The van der Waals surface area contributed by atoms with Crippen LogP contribution in [-0.4, -0.2) is 10.5 Å². The Morgan fingerprint density at radius 2 is 1.95 bits per heavy atom. The molecule has 2 rings (SSSR count). The molecule has 0 fully saturated rings. The van der Waals surface area contributed by atoms with E-state index in [1.54, 1.807) is 11.3 Å². The van der Waals surface area contributed by atoms with Gasteiger partial charge in [0.2, 0.25) is 0 Å². The topological polar surface area (TPSA) is 34.4 Å². The van der Waals surface area contributed by atoms with Crippen molar-refractivity contribution in [2.45, 2.75) is 54.5 Å². The van der Waals surface area contributed by atoms with Crippen LogP contribution in [0, 0.1) is 19.3 Å². The Bertz CT molecular complexity index is 744. The molecule has 0 atom stereocenters. The quantitative estimate of drug-likeness (QED) is 0.818. The van der Waals surface area contributed by atoms with Crippen LogP contribution < -0.4 is 4.80 Å². The van der Waals surface area contributed by atoms with Gasteiger partial charge in [0, 0.05) is 12.0 Å². The molecule has 21 heavy (non-hydrogen) atoms. The van der Waals surface area contributed by atoms with Gasteiger partial charge in [-0.05, 0) is 37.5 Å². The monoisotopic (exact) mass is 304 g/mol. The number of carbonyl (C=O) groups is 1. The highest BCUT2D eigenvalue weighted by Crippen LogP contribution is 2.24. The number of rotatable bonds is 2. The number of aryl methyl sites for hydroxylation is 3. The minimum absolute atomic E-state index is 0.0618. The zero-order valence-electron chi connectivity index (χ0n) is 13.8. The normalized spacial score (nSPS) is 13.1. The number of aromatic nitrogens is 1. The molecule has 3 nitrogen and oxygen atoms in total. The number of hydrogen-bond donors (Lipinski definition) is 0. The zero-order chi connectivity index (χ0) is 15.8. The zero-order valence-corrected chi connectivity index (χ0v) is 14.6. The molecular formula is C17H24N2OS. The lowest BCUT2D eigenvalue weighted by atomic mass is 9.96. The van der Waals surface area contributed by atoms with Crippen molar-refractivity contribution < 1.29 is 4.79 Å². The van der Waals surface area contributed by atoms with E-state index in [1.807, 2.05) is 20.8 Å². The van der Waals surface area contributed by atoms with Crippen LogP contribution in [0.15, 0.2) is 17.1 Å². The van der Waals surface area contributed by atoms with Crippen LogP contribution >= 0.6 is 11.3 Å². The molecule has 0 saturated carbocycles. The van der Waals surface area contributed by atoms with Gasteiger partial charge in [-0.3, -0.25) is 4.79 Å². The number of benzene rings is 1. The van der Waals surface area contributed by atoms with E-state index < -0.39 is 5.41 Å². The van der Waals surface area contributed by atoms with Crippen molar-refractivity contribution in [1.82, 2.24) is 4.57 Å². The van der Waals surface area contributed by atoms with Gasteiger partial charge < -0.3 is 4.57 Å². The molecule has 0 saturated heterocycles. The number of carbonyl (C=O) groups excluding carboxylic acids is 1. The molecule has 0 N–H and O–H groups in total. The van der Waals surface area contributed by atoms with E-state index in [9.17, 15) is 4.79 Å². The number of amides is 1. The second-order valence-electron chi connectivity index (χ2n) is 6.63. The van der Waals surface area contributed by atoms with Gasteiger partial charge in [0.05, 0.1) is 10.2 Å². The molecule has 0 aliphatic carbocycles. The van der Waals surface area contributed by atoms with Gasteiger partial charge in [-0.15, -0.1) is 0 Å². The number of fused-ring (bicyclic) bond motifs is 1.